The molecule has 0 saturated carbocycles. The molecule has 0 fully saturated rings. The fourth-order valence-corrected chi connectivity index (χ4v) is 2.41. The van der Waals surface area contributed by atoms with E-state index < -0.39 is 11.5 Å². The van der Waals surface area contributed by atoms with Crippen LogP contribution >= 0.6 is 11.8 Å². The van der Waals surface area contributed by atoms with E-state index in [1.54, 1.807) is 30.3 Å². The van der Waals surface area contributed by atoms with Gasteiger partial charge in [0.2, 0.25) is 0 Å². The third kappa shape index (κ3) is 4.42. The van der Waals surface area contributed by atoms with E-state index in [0.717, 1.165) is 0 Å². The van der Waals surface area contributed by atoms with Crippen molar-refractivity contribution >= 4 is 29.1 Å². The van der Waals surface area contributed by atoms with Gasteiger partial charge < -0.3 is 10.1 Å². The van der Waals surface area contributed by atoms with E-state index in [9.17, 15) is 18.0 Å². The molecule has 116 valence electrons. The lowest BCUT2D eigenvalue weighted by Gasteiger charge is -2.12. The number of carbonyl (C=O) groups is 1. The molecule has 2 aromatic carbocycles. The normalized spacial score (nSPS) is 11.1. The summed E-state index contributed by atoms with van der Waals surface area (Å²) in [6, 6.07) is 12.5. The number of esters is 1. The fourth-order valence-electron chi connectivity index (χ4n) is 1.81. The maximum absolute atomic E-state index is 12.4. The lowest BCUT2D eigenvalue weighted by molar-refractivity contribution is -0.0328. The zero-order chi connectivity index (χ0) is 16.2. The molecule has 7 heteroatoms. The molecule has 0 radical (unpaired) electrons. The molecule has 22 heavy (non-hydrogen) atoms. The zero-order valence-corrected chi connectivity index (χ0v) is 12.3. The number of hydrogen-bond acceptors (Lipinski definition) is 4. The van der Waals surface area contributed by atoms with Crippen LogP contribution in [0, 0.1) is 0 Å². The third-order valence-electron chi connectivity index (χ3n) is 2.68. The summed E-state index contributed by atoms with van der Waals surface area (Å²) < 4.78 is 41.9. The number of methoxy groups -OCH3 is 1. The number of ether oxygens (including phenoxy) is 1. The molecule has 0 amide bonds. The number of thioether (sulfide) groups is 1. The number of carbonyl (C=O) groups excluding carboxylic acids is 1. The molecule has 2 aromatic rings. The zero-order valence-electron chi connectivity index (χ0n) is 11.5. The molecule has 2 rings (SSSR count). The van der Waals surface area contributed by atoms with Crippen molar-refractivity contribution < 1.29 is 22.7 Å². The van der Waals surface area contributed by atoms with Gasteiger partial charge in [0.1, 0.15) is 0 Å². The Kier molecular flexibility index (Phi) is 4.97. The Hall–Kier alpha value is -2.15. The fraction of sp³-hybridized carbons (Fsp3) is 0.133. The van der Waals surface area contributed by atoms with Gasteiger partial charge in [-0.25, -0.2) is 4.79 Å². The summed E-state index contributed by atoms with van der Waals surface area (Å²) in [5.74, 6) is -0.524. The average Bonchev–Trinajstić information content (AvgIpc) is 2.45. The first-order valence-corrected chi connectivity index (χ1v) is 7.01. The van der Waals surface area contributed by atoms with E-state index in [0.29, 0.717) is 16.9 Å². The molecule has 0 aliphatic carbocycles. The molecule has 0 aromatic heterocycles. The summed E-state index contributed by atoms with van der Waals surface area (Å²) in [4.78, 5) is 11.7. The smallest absolute Gasteiger partial charge is 0.446 e. The van der Waals surface area contributed by atoms with Crippen molar-refractivity contribution in [1.29, 1.82) is 0 Å². The lowest BCUT2D eigenvalue weighted by atomic mass is 10.1. The third-order valence-corrected chi connectivity index (χ3v) is 3.40. The predicted molar refractivity (Wildman–Crippen MR) is 79.4 cm³/mol. The van der Waals surface area contributed by atoms with Gasteiger partial charge in [-0.15, -0.1) is 0 Å². The van der Waals surface area contributed by atoms with Gasteiger partial charge >= 0.3 is 11.5 Å². The molecule has 0 saturated heterocycles. The molecular formula is C15H12F3NO2S. The van der Waals surface area contributed by atoms with E-state index in [1.807, 2.05) is 0 Å². The average molecular weight is 327 g/mol. The highest BCUT2D eigenvalue weighted by molar-refractivity contribution is 8.00. The predicted octanol–water partition coefficient (Wildman–Crippen LogP) is 4.83. The van der Waals surface area contributed by atoms with Crippen molar-refractivity contribution in [3.05, 3.63) is 54.1 Å². The highest BCUT2D eigenvalue weighted by Crippen LogP contribution is 2.38. The van der Waals surface area contributed by atoms with E-state index in [2.05, 4.69) is 10.1 Å². The van der Waals surface area contributed by atoms with Crippen molar-refractivity contribution in [3.8, 4) is 0 Å². The molecule has 0 bridgehead atoms. The van der Waals surface area contributed by atoms with Crippen molar-refractivity contribution in [1.82, 2.24) is 0 Å². The summed E-state index contributed by atoms with van der Waals surface area (Å²) in [6.07, 6.45) is 0. The van der Waals surface area contributed by atoms with Crippen LogP contribution in [-0.2, 0) is 4.74 Å². The minimum absolute atomic E-state index is 0.0630. The first-order valence-electron chi connectivity index (χ1n) is 6.19. The van der Waals surface area contributed by atoms with Crippen LogP contribution in [-0.4, -0.2) is 18.6 Å². The van der Waals surface area contributed by atoms with Crippen LogP contribution in [0.15, 0.2) is 53.4 Å². The van der Waals surface area contributed by atoms with Crippen molar-refractivity contribution in [2.75, 3.05) is 12.4 Å². The summed E-state index contributed by atoms with van der Waals surface area (Å²) in [5, 5.41) is 2.93. The van der Waals surface area contributed by atoms with E-state index in [-0.39, 0.29) is 16.7 Å². The highest BCUT2D eigenvalue weighted by atomic mass is 32.2. The number of alkyl halides is 3. The maximum atomic E-state index is 12.4. The Morgan fingerprint density at radius 3 is 2.55 bits per heavy atom. The molecule has 0 atom stereocenters. The number of hydrogen-bond donors (Lipinski definition) is 1. The minimum Gasteiger partial charge on any atom is -0.465 e. The van der Waals surface area contributed by atoms with Crippen LogP contribution < -0.4 is 5.32 Å². The van der Waals surface area contributed by atoms with Gasteiger partial charge in [0, 0.05) is 10.6 Å². The van der Waals surface area contributed by atoms with Crippen molar-refractivity contribution in [2.45, 2.75) is 10.4 Å². The summed E-state index contributed by atoms with van der Waals surface area (Å²) in [5.41, 5.74) is -3.13. The van der Waals surface area contributed by atoms with Gasteiger partial charge in [-0.3, -0.25) is 0 Å². The monoisotopic (exact) mass is 327 g/mol. The number of rotatable bonds is 4. The second kappa shape index (κ2) is 6.74. The van der Waals surface area contributed by atoms with Crippen LogP contribution in [0.25, 0.3) is 0 Å². The van der Waals surface area contributed by atoms with Crippen molar-refractivity contribution in [3.63, 3.8) is 0 Å². The van der Waals surface area contributed by atoms with E-state index >= 15 is 0 Å². The second-order valence-electron chi connectivity index (χ2n) is 4.24. The molecule has 0 unspecified atom stereocenters. The maximum Gasteiger partial charge on any atom is 0.446 e. The molecule has 1 N–H and O–H groups in total. The number of benzene rings is 2. The molecule has 0 aliphatic heterocycles. The molecular weight excluding hydrogens is 315 g/mol. The second-order valence-corrected chi connectivity index (χ2v) is 5.38. The van der Waals surface area contributed by atoms with E-state index in [4.69, 9.17) is 0 Å². The standard InChI is InChI=1S/C15H12F3NO2S/c1-21-14(20)12-7-2-3-8-13(12)19-10-5-4-6-11(9-10)22-15(16,17)18/h2-9,19H,1H3. The van der Waals surface area contributed by atoms with E-state index in [1.165, 1.54) is 25.3 Å². The SMILES string of the molecule is COC(=O)c1ccccc1Nc1cccc(SC(F)(F)F)c1. The number of anilines is 2. The van der Waals surface area contributed by atoms with Gasteiger partial charge in [0.05, 0.1) is 18.4 Å². The van der Waals surface area contributed by atoms with Crippen LogP contribution in [0.1, 0.15) is 10.4 Å². The molecule has 0 spiro atoms. The van der Waals surface area contributed by atoms with Gasteiger partial charge in [-0.1, -0.05) is 18.2 Å². The van der Waals surface area contributed by atoms with Gasteiger partial charge in [-0.05, 0) is 42.1 Å². The number of nitrogens with one attached hydrogen (secondary N) is 1. The lowest BCUT2D eigenvalue weighted by Crippen LogP contribution is -2.05. The summed E-state index contributed by atoms with van der Waals surface area (Å²) >= 11 is -0.191. The van der Waals surface area contributed by atoms with Crippen molar-refractivity contribution in [2.24, 2.45) is 0 Å². The topological polar surface area (TPSA) is 38.3 Å². The Balaban J connectivity index is 2.25. The largest absolute Gasteiger partial charge is 0.465 e. The molecule has 0 heterocycles. The molecule has 0 aliphatic rings. The Morgan fingerprint density at radius 1 is 1.14 bits per heavy atom. The van der Waals surface area contributed by atoms with Gasteiger partial charge in [0.25, 0.3) is 0 Å². The Morgan fingerprint density at radius 2 is 1.86 bits per heavy atom. The van der Waals surface area contributed by atoms with Crippen LogP contribution in [0.2, 0.25) is 0 Å². The molecule has 3 nitrogen and oxygen atoms in total. The quantitative estimate of drug-likeness (QED) is 0.645. The minimum atomic E-state index is -4.34. The van der Waals surface area contributed by atoms with Crippen LogP contribution in [0.5, 0.6) is 0 Å². The van der Waals surface area contributed by atoms with Gasteiger partial charge in [0.15, 0.2) is 0 Å². The number of halogens is 3. The van der Waals surface area contributed by atoms with Crippen LogP contribution in [0.3, 0.4) is 0 Å². The highest BCUT2D eigenvalue weighted by Gasteiger charge is 2.29. The first-order chi connectivity index (χ1) is 10.4. The first kappa shape index (κ1) is 16.2. The Labute approximate surface area is 129 Å². The summed E-state index contributed by atoms with van der Waals surface area (Å²) in [7, 11) is 1.26. The number of para-hydroxylation sites is 1. The van der Waals surface area contributed by atoms with Crippen LogP contribution in [0.4, 0.5) is 24.5 Å². The Bertz CT molecular complexity index is 674. The van der Waals surface area contributed by atoms with Gasteiger partial charge in [-0.2, -0.15) is 13.2 Å². The summed E-state index contributed by atoms with van der Waals surface area (Å²) in [6.45, 7) is 0.